The van der Waals surface area contributed by atoms with E-state index in [4.69, 9.17) is 9.47 Å². The number of hydrogen-bond acceptors (Lipinski definition) is 3. The summed E-state index contributed by atoms with van der Waals surface area (Å²) in [6.07, 6.45) is 1.85. The van der Waals surface area contributed by atoms with E-state index in [0.717, 1.165) is 19.4 Å². The van der Waals surface area contributed by atoms with Crippen LogP contribution in [0.25, 0.3) is 0 Å². The molecule has 0 N–H and O–H groups in total. The van der Waals surface area contributed by atoms with E-state index in [2.05, 4.69) is 0 Å². The van der Waals surface area contributed by atoms with Gasteiger partial charge in [0.05, 0.1) is 0 Å². The van der Waals surface area contributed by atoms with Gasteiger partial charge in [-0.1, -0.05) is 0 Å². The van der Waals surface area contributed by atoms with Gasteiger partial charge in [-0.15, -0.1) is 0 Å². The molecule has 10 heavy (non-hydrogen) atoms. The molecule has 0 aromatic heterocycles. The summed E-state index contributed by atoms with van der Waals surface area (Å²) in [6, 6.07) is 0. The van der Waals surface area contributed by atoms with Gasteiger partial charge in [-0.05, 0) is 13.3 Å². The van der Waals surface area contributed by atoms with E-state index in [1.54, 1.807) is 0 Å². The van der Waals surface area contributed by atoms with Crippen LogP contribution >= 0.6 is 0 Å². The fourth-order valence-electron chi connectivity index (χ4n) is 0.890. The number of carbonyl (C=O) groups excluding carboxylic acids is 1. The van der Waals surface area contributed by atoms with Crippen molar-refractivity contribution in [3.05, 3.63) is 0 Å². The third-order valence-corrected chi connectivity index (χ3v) is 1.36. The molecule has 1 fully saturated rings. The van der Waals surface area contributed by atoms with Gasteiger partial charge in [-0.3, -0.25) is 4.79 Å². The topological polar surface area (TPSA) is 35.5 Å². The summed E-state index contributed by atoms with van der Waals surface area (Å²) in [4.78, 5) is 10.4. The molecule has 1 aliphatic rings. The molecule has 0 aromatic rings. The molecule has 58 valence electrons. The largest absolute Gasteiger partial charge is 0.353 e. The number of ether oxygens (including phenoxy) is 2. The predicted molar refractivity (Wildman–Crippen MR) is 35.6 cm³/mol. The Morgan fingerprint density at radius 3 is 3.10 bits per heavy atom. The maximum absolute atomic E-state index is 10.4. The van der Waals surface area contributed by atoms with Gasteiger partial charge in [0.15, 0.2) is 12.1 Å². The third kappa shape index (κ3) is 2.45. The van der Waals surface area contributed by atoms with E-state index in [9.17, 15) is 4.79 Å². The van der Waals surface area contributed by atoms with Crippen LogP contribution in [0.4, 0.5) is 0 Å². The monoisotopic (exact) mass is 144 g/mol. The first-order valence-corrected chi connectivity index (χ1v) is 3.51. The second-order valence-corrected chi connectivity index (χ2v) is 2.46. The lowest BCUT2D eigenvalue weighted by Crippen LogP contribution is -2.15. The molecule has 0 aromatic carbocycles. The zero-order chi connectivity index (χ0) is 7.40. The van der Waals surface area contributed by atoms with Crippen molar-refractivity contribution >= 4 is 5.78 Å². The van der Waals surface area contributed by atoms with Gasteiger partial charge in [0.1, 0.15) is 6.61 Å². The molecule has 0 amide bonds. The van der Waals surface area contributed by atoms with Gasteiger partial charge in [-0.25, -0.2) is 0 Å². The van der Waals surface area contributed by atoms with Crippen molar-refractivity contribution in [2.45, 2.75) is 26.1 Å². The fraction of sp³-hybridized carbons (Fsp3) is 0.857. The minimum absolute atomic E-state index is 0.0514. The maximum Gasteiger partial charge on any atom is 0.158 e. The summed E-state index contributed by atoms with van der Waals surface area (Å²) in [6.45, 7) is 2.46. The molecule has 1 aliphatic heterocycles. The van der Waals surface area contributed by atoms with Gasteiger partial charge in [0.2, 0.25) is 0 Å². The molecule has 0 spiro atoms. The molecule has 0 radical (unpaired) electrons. The highest BCUT2D eigenvalue weighted by molar-refractivity contribution is 5.76. The van der Waals surface area contributed by atoms with Crippen LogP contribution in [0, 0.1) is 0 Å². The van der Waals surface area contributed by atoms with E-state index in [-0.39, 0.29) is 18.7 Å². The van der Waals surface area contributed by atoms with Crippen molar-refractivity contribution in [1.29, 1.82) is 0 Å². The smallest absolute Gasteiger partial charge is 0.158 e. The highest BCUT2D eigenvalue weighted by Crippen LogP contribution is 2.12. The van der Waals surface area contributed by atoms with Crippen molar-refractivity contribution in [2.24, 2.45) is 0 Å². The lowest BCUT2D eigenvalue weighted by atomic mass is 10.4. The molecular weight excluding hydrogens is 132 g/mol. The van der Waals surface area contributed by atoms with Crippen molar-refractivity contribution in [2.75, 3.05) is 13.2 Å². The second-order valence-electron chi connectivity index (χ2n) is 2.46. The van der Waals surface area contributed by atoms with E-state index in [0.29, 0.717) is 0 Å². The molecule has 0 aliphatic carbocycles. The average Bonchev–Trinajstić information content (AvgIpc) is 2.34. The normalized spacial score (nSPS) is 25.1. The maximum atomic E-state index is 10.4. The van der Waals surface area contributed by atoms with Crippen LogP contribution in [-0.2, 0) is 14.3 Å². The van der Waals surface area contributed by atoms with Gasteiger partial charge >= 0.3 is 0 Å². The van der Waals surface area contributed by atoms with E-state index in [1.807, 2.05) is 0 Å². The average molecular weight is 144 g/mol. The van der Waals surface area contributed by atoms with Crippen LogP contribution < -0.4 is 0 Å². The minimum Gasteiger partial charge on any atom is -0.353 e. The summed E-state index contributed by atoms with van der Waals surface area (Å²) in [5, 5.41) is 0. The van der Waals surface area contributed by atoms with E-state index in [1.165, 1.54) is 6.92 Å². The number of Topliss-reactive ketones (excluding diaryl/α,β-unsaturated/α-hetero) is 1. The minimum atomic E-state index is -0.121. The van der Waals surface area contributed by atoms with E-state index < -0.39 is 0 Å². The van der Waals surface area contributed by atoms with Crippen LogP contribution in [0.15, 0.2) is 0 Å². The van der Waals surface area contributed by atoms with Crippen molar-refractivity contribution in [3.8, 4) is 0 Å². The van der Waals surface area contributed by atoms with Crippen LogP contribution in [0.2, 0.25) is 0 Å². The lowest BCUT2D eigenvalue weighted by molar-refractivity contribution is -0.140. The zero-order valence-electron chi connectivity index (χ0n) is 6.13. The summed E-state index contributed by atoms with van der Waals surface area (Å²) < 4.78 is 10.2. The molecule has 0 bridgehead atoms. The Morgan fingerprint density at radius 2 is 2.60 bits per heavy atom. The quantitative estimate of drug-likeness (QED) is 0.585. The van der Waals surface area contributed by atoms with Gasteiger partial charge in [-0.2, -0.15) is 0 Å². The Labute approximate surface area is 60.3 Å². The molecule has 1 unspecified atom stereocenters. The number of ketones is 1. The number of hydrogen-bond donors (Lipinski definition) is 0. The number of carbonyl (C=O) groups is 1. The molecule has 3 nitrogen and oxygen atoms in total. The lowest BCUT2D eigenvalue weighted by Gasteiger charge is -2.07. The molecule has 3 heteroatoms. The fourth-order valence-corrected chi connectivity index (χ4v) is 0.890. The Morgan fingerprint density at radius 1 is 1.80 bits per heavy atom. The highest BCUT2D eigenvalue weighted by Gasteiger charge is 2.15. The van der Waals surface area contributed by atoms with Crippen LogP contribution in [0.1, 0.15) is 19.8 Å². The summed E-state index contributed by atoms with van der Waals surface area (Å²) in [7, 11) is 0. The summed E-state index contributed by atoms with van der Waals surface area (Å²) >= 11 is 0. The van der Waals surface area contributed by atoms with Gasteiger partial charge in [0, 0.05) is 13.0 Å². The SMILES string of the molecule is CC(=O)COC1CCCO1. The Hall–Kier alpha value is -0.410. The molecule has 1 heterocycles. The third-order valence-electron chi connectivity index (χ3n) is 1.36. The molecular formula is C7H12O3. The van der Waals surface area contributed by atoms with Crippen LogP contribution in [0.5, 0.6) is 0 Å². The zero-order valence-corrected chi connectivity index (χ0v) is 6.13. The Kier molecular flexibility index (Phi) is 2.83. The van der Waals surface area contributed by atoms with Crippen LogP contribution in [0.3, 0.4) is 0 Å². The first kappa shape index (κ1) is 7.69. The summed E-state index contributed by atoms with van der Waals surface area (Å²) in [5.41, 5.74) is 0. The summed E-state index contributed by atoms with van der Waals surface area (Å²) in [5.74, 6) is 0.0514. The molecule has 0 saturated carbocycles. The molecule has 1 rings (SSSR count). The standard InChI is InChI=1S/C7H12O3/c1-6(8)5-10-7-3-2-4-9-7/h7H,2-5H2,1H3. The van der Waals surface area contributed by atoms with Crippen LogP contribution in [-0.4, -0.2) is 25.3 Å². The van der Waals surface area contributed by atoms with Crippen molar-refractivity contribution in [3.63, 3.8) is 0 Å². The molecule has 1 saturated heterocycles. The number of rotatable bonds is 3. The van der Waals surface area contributed by atoms with Crippen molar-refractivity contribution < 1.29 is 14.3 Å². The highest BCUT2D eigenvalue weighted by atomic mass is 16.7. The predicted octanol–water partition coefficient (Wildman–Crippen LogP) is 0.728. The molecule has 1 atom stereocenters. The first-order valence-electron chi connectivity index (χ1n) is 3.51. The first-order chi connectivity index (χ1) is 4.79. The second kappa shape index (κ2) is 3.68. The van der Waals surface area contributed by atoms with Gasteiger partial charge < -0.3 is 9.47 Å². The Bertz CT molecular complexity index is 116. The van der Waals surface area contributed by atoms with Crippen molar-refractivity contribution in [1.82, 2.24) is 0 Å². The van der Waals surface area contributed by atoms with Gasteiger partial charge in [0.25, 0.3) is 0 Å². The van der Waals surface area contributed by atoms with E-state index >= 15 is 0 Å². The Balaban J connectivity index is 2.07.